The summed E-state index contributed by atoms with van der Waals surface area (Å²) >= 11 is 0. The van der Waals surface area contributed by atoms with Gasteiger partial charge in [0.1, 0.15) is 6.54 Å². The second-order valence-corrected chi connectivity index (χ2v) is 5.40. The number of nitrogens with zero attached hydrogens (tertiary/aromatic N) is 3. The zero-order valence-corrected chi connectivity index (χ0v) is 11.1. The van der Waals surface area contributed by atoms with Crippen LogP contribution in [0.4, 0.5) is 0 Å². The summed E-state index contributed by atoms with van der Waals surface area (Å²) in [5.41, 5.74) is 1.28. The summed E-state index contributed by atoms with van der Waals surface area (Å²) in [5, 5.41) is 7.91. The zero-order chi connectivity index (χ0) is 12.9. The molecule has 0 fully saturated rings. The molecule has 17 heavy (non-hydrogen) atoms. The first-order valence-electron chi connectivity index (χ1n) is 5.86. The van der Waals surface area contributed by atoms with Gasteiger partial charge in [-0.05, 0) is 24.7 Å². The Hall–Kier alpha value is -1.39. The summed E-state index contributed by atoms with van der Waals surface area (Å²) in [6.07, 6.45) is 4.94. The fourth-order valence-electron chi connectivity index (χ4n) is 1.53. The number of ether oxygens (including phenoxy) is 1. The van der Waals surface area contributed by atoms with Gasteiger partial charge in [-0.2, -0.15) is 0 Å². The average Bonchev–Trinajstić information content (AvgIpc) is 2.63. The molecule has 1 heterocycles. The van der Waals surface area contributed by atoms with Crippen molar-refractivity contribution in [1.82, 2.24) is 15.0 Å². The van der Waals surface area contributed by atoms with Crippen LogP contribution in [0.3, 0.4) is 0 Å². The smallest absolute Gasteiger partial charge is 0.327 e. The van der Waals surface area contributed by atoms with Crippen LogP contribution in [0.5, 0.6) is 0 Å². The monoisotopic (exact) mass is 239 g/mol. The Bertz CT molecular complexity index is 366. The van der Waals surface area contributed by atoms with Crippen molar-refractivity contribution in [1.29, 1.82) is 0 Å². The summed E-state index contributed by atoms with van der Waals surface area (Å²) in [6, 6.07) is 0. The van der Waals surface area contributed by atoms with Gasteiger partial charge in [-0.1, -0.05) is 26.0 Å². The first kappa shape index (κ1) is 13.7. The van der Waals surface area contributed by atoms with E-state index in [4.69, 9.17) is 0 Å². The van der Waals surface area contributed by atoms with E-state index >= 15 is 0 Å². The lowest BCUT2D eigenvalue weighted by atomic mass is 9.89. The van der Waals surface area contributed by atoms with Crippen molar-refractivity contribution in [2.24, 2.45) is 5.41 Å². The normalized spacial score (nSPS) is 11.5. The van der Waals surface area contributed by atoms with Crippen molar-refractivity contribution in [2.75, 3.05) is 7.11 Å². The second kappa shape index (κ2) is 5.80. The highest BCUT2D eigenvalue weighted by atomic mass is 16.5. The minimum absolute atomic E-state index is 0.128. The number of carbonyl (C=O) groups is 1. The maximum atomic E-state index is 11.0. The van der Waals surface area contributed by atoms with Crippen LogP contribution in [0.25, 0.3) is 0 Å². The number of esters is 1. The topological polar surface area (TPSA) is 57.0 Å². The van der Waals surface area contributed by atoms with Gasteiger partial charge >= 0.3 is 5.97 Å². The highest BCUT2D eigenvalue weighted by molar-refractivity contribution is 5.68. The standard InChI is InChI=1S/C12H21N3O2/c1-12(2,3)7-5-6-10-8-15(14-13-10)9-11(16)17-4/h8H,5-7,9H2,1-4H3. The molecule has 0 atom stereocenters. The molecule has 0 saturated carbocycles. The fourth-order valence-corrected chi connectivity index (χ4v) is 1.53. The van der Waals surface area contributed by atoms with Gasteiger partial charge in [0.05, 0.1) is 12.8 Å². The van der Waals surface area contributed by atoms with Gasteiger partial charge in [-0.15, -0.1) is 5.10 Å². The highest BCUT2D eigenvalue weighted by Gasteiger charge is 2.11. The van der Waals surface area contributed by atoms with Gasteiger partial charge in [-0.25, -0.2) is 4.68 Å². The molecule has 1 rings (SSSR count). The highest BCUT2D eigenvalue weighted by Crippen LogP contribution is 2.21. The molecule has 0 N–H and O–H groups in total. The van der Waals surface area contributed by atoms with Crippen LogP contribution >= 0.6 is 0 Å². The number of carbonyl (C=O) groups excluding carboxylic acids is 1. The van der Waals surface area contributed by atoms with Crippen LogP contribution in [-0.4, -0.2) is 28.1 Å². The lowest BCUT2D eigenvalue weighted by Crippen LogP contribution is -2.11. The van der Waals surface area contributed by atoms with E-state index in [1.165, 1.54) is 11.8 Å². The van der Waals surface area contributed by atoms with Gasteiger partial charge in [0, 0.05) is 6.20 Å². The van der Waals surface area contributed by atoms with Gasteiger partial charge in [0.2, 0.25) is 0 Å². The van der Waals surface area contributed by atoms with Gasteiger partial charge in [-0.3, -0.25) is 4.79 Å². The molecule has 0 bridgehead atoms. The lowest BCUT2D eigenvalue weighted by Gasteiger charge is -2.16. The lowest BCUT2D eigenvalue weighted by molar-refractivity contribution is -0.141. The van der Waals surface area contributed by atoms with Crippen LogP contribution < -0.4 is 0 Å². The third-order valence-corrected chi connectivity index (χ3v) is 2.46. The third kappa shape index (κ3) is 5.47. The molecule has 0 radical (unpaired) electrons. The summed E-state index contributed by atoms with van der Waals surface area (Å²) < 4.78 is 6.07. The molecule has 1 aromatic heterocycles. The third-order valence-electron chi connectivity index (χ3n) is 2.46. The predicted molar refractivity (Wildman–Crippen MR) is 64.4 cm³/mol. The molecule has 0 saturated heterocycles. The van der Waals surface area contributed by atoms with Gasteiger partial charge in [0.25, 0.3) is 0 Å². The maximum Gasteiger partial charge on any atom is 0.327 e. The Balaban J connectivity index is 2.38. The van der Waals surface area contributed by atoms with Crippen molar-refractivity contribution in [3.63, 3.8) is 0 Å². The molecular weight excluding hydrogens is 218 g/mol. The Kier molecular flexibility index (Phi) is 4.66. The first-order chi connectivity index (χ1) is 7.90. The first-order valence-corrected chi connectivity index (χ1v) is 5.86. The van der Waals surface area contributed by atoms with Crippen molar-refractivity contribution < 1.29 is 9.53 Å². The largest absolute Gasteiger partial charge is 0.468 e. The number of aryl methyl sites for hydroxylation is 1. The number of rotatable bonds is 5. The Morgan fingerprint density at radius 1 is 1.47 bits per heavy atom. The molecule has 0 amide bonds. The van der Waals surface area contributed by atoms with Crippen molar-refractivity contribution in [2.45, 2.75) is 46.6 Å². The molecule has 0 spiro atoms. The summed E-state index contributed by atoms with van der Waals surface area (Å²) in [6.45, 7) is 6.80. The molecular formula is C12H21N3O2. The van der Waals surface area contributed by atoms with E-state index in [2.05, 4.69) is 35.8 Å². The average molecular weight is 239 g/mol. The van der Waals surface area contributed by atoms with E-state index in [9.17, 15) is 4.79 Å². The van der Waals surface area contributed by atoms with E-state index in [1.807, 2.05) is 0 Å². The maximum absolute atomic E-state index is 11.0. The van der Waals surface area contributed by atoms with Crippen LogP contribution in [0, 0.1) is 5.41 Å². The van der Waals surface area contributed by atoms with E-state index in [-0.39, 0.29) is 12.5 Å². The molecule has 0 unspecified atom stereocenters. The molecule has 0 aliphatic heterocycles. The second-order valence-electron chi connectivity index (χ2n) is 5.40. The predicted octanol–water partition coefficient (Wildman–Crippen LogP) is 1.82. The number of hydrogen-bond donors (Lipinski definition) is 0. The van der Waals surface area contributed by atoms with E-state index in [1.54, 1.807) is 6.20 Å². The van der Waals surface area contributed by atoms with Crippen LogP contribution in [0.2, 0.25) is 0 Å². The van der Waals surface area contributed by atoms with Crippen LogP contribution in [0.15, 0.2) is 6.20 Å². The van der Waals surface area contributed by atoms with Gasteiger partial charge in [0.15, 0.2) is 0 Å². The molecule has 0 aliphatic rings. The molecule has 5 nitrogen and oxygen atoms in total. The van der Waals surface area contributed by atoms with Crippen LogP contribution in [-0.2, 0) is 22.5 Å². The minimum atomic E-state index is -0.309. The Labute approximate surface area is 102 Å². The zero-order valence-electron chi connectivity index (χ0n) is 11.1. The molecule has 0 aliphatic carbocycles. The summed E-state index contributed by atoms with van der Waals surface area (Å²) in [7, 11) is 1.36. The SMILES string of the molecule is COC(=O)Cn1cc(CCCC(C)(C)C)nn1. The number of hydrogen-bond acceptors (Lipinski definition) is 4. The van der Waals surface area contributed by atoms with Crippen LogP contribution in [0.1, 0.15) is 39.3 Å². The van der Waals surface area contributed by atoms with E-state index < -0.39 is 0 Å². The molecule has 1 aromatic rings. The Morgan fingerprint density at radius 3 is 2.76 bits per heavy atom. The minimum Gasteiger partial charge on any atom is -0.468 e. The van der Waals surface area contributed by atoms with Crippen molar-refractivity contribution >= 4 is 5.97 Å². The summed E-state index contributed by atoms with van der Waals surface area (Å²) in [4.78, 5) is 11.0. The summed E-state index contributed by atoms with van der Waals surface area (Å²) in [5.74, 6) is -0.309. The number of aromatic nitrogens is 3. The van der Waals surface area contributed by atoms with Gasteiger partial charge < -0.3 is 4.74 Å². The quantitative estimate of drug-likeness (QED) is 0.735. The number of methoxy groups -OCH3 is 1. The van der Waals surface area contributed by atoms with Crippen molar-refractivity contribution in [3.8, 4) is 0 Å². The van der Waals surface area contributed by atoms with Crippen molar-refractivity contribution in [3.05, 3.63) is 11.9 Å². The molecule has 0 aromatic carbocycles. The van der Waals surface area contributed by atoms with E-state index in [0.29, 0.717) is 5.41 Å². The Morgan fingerprint density at radius 2 is 2.18 bits per heavy atom. The van der Waals surface area contributed by atoms with E-state index in [0.717, 1.165) is 25.0 Å². The fraction of sp³-hybridized carbons (Fsp3) is 0.750. The molecule has 5 heteroatoms. The molecule has 96 valence electrons.